The number of halogens is 1. The maximum Gasteiger partial charge on any atom is 0.419 e. The van der Waals surface area contributed by atoms with Crippen molar-refractivity contribution >= 4 is 27.3 Å². The largest absolute Gasteiger partial charge is 0.496 e. The smallest absolute Gasteiger partial charge is 0.419 e. The highest BCUT2D eigenvalue weighted by Crippen LogP contribution is 2.37. The van der Waals surface area contributed by atoms with E-state index in [2.05, 4.69) is 9.97 Å². The molecular weight excluding hydrogens is 427 g/mol. The van der Waals surface area contributed by atoms with E-state index in [1.54, 1.807) is 23.1 Å². The summed E-state index contributed by atoms with van der Waals surface area (Å²) in [6.45, 7) is 0.390. The first-order valence-electron chi connectivity index (χ1n) is 9.61. The number of benzene rings is 1. The van der Waals surface area contributed by atoms with Gasteiger partial charge in [-0.25, -0.2) is 18.9 Å². The standard InChI is InChI=1S/C20H21FN4O5S/c1-30-18-3-2-13(21)10-15(18)14-4-7-22-19-16(14)11-17(23-19)12-5-8-25(9-6-12)31(28,29)24-20(26)27/h2-4,7,10-12,24H,5-6,8-9H2,1H3,(H,22,23)(H,26,27). The van der Waals surface area contributed by atoms with E-state index >= 15 is 0 Å². The molecule has 0 atom stereocenters. The van der Waals surface area contributed by atoms with Gasteiger partial charge in [-0.15, -0.1) is 0 Å². The van der Waals surface area contributed by atoms with Gasteiger partial charge in [0.25, 0.3) is 0 Å². The number of ether oxygens (including phenoxy) is 1. The lowest BCUT2D eigenvalue weighted by molar-refractivity contribution is 0.199. The number of carbonyl (C=O) groups is 1. The molecule has 4 rings (SSSR count). The number of aromatic amines is 1. The molecule has 11 heteroatoms. The summed E-state index contributed by atoms with van der Waals surface area (Å²) in [4.78, 5) is 18.4. The van der Waals surface area contributed by atoms with Crippen molar-refractivity contribution in [3.8, 4) is 16.9 Å². The highest BCUT2D eigenvalue weighted by Gasteiger charge is 2.30. The fourth-order valence-electron chi connectivity index (χ4n) is 3.97. The SMILES string of the molecule is COc1ccc(F)cc1-c1ccnc2[nH]c(C3CCN(S(=O)(=O)NC(=O)O)CC3)cc12. The molecule has 0 spiro atoms. The second-order valence-corrected chi connectivity index (χ2v) is 8.95. The molecule has 0 radical (unpaired) electrons. The van der Waals surface area contributed by atoms with Crippen LogP contribution in [0.4, 0.5) is 9.18 Å². The molecule has 3 N–H and O–H groups in total. The minimum Gasteiger partial charge on any atom is -0.496 e. The molecule has 164 valence electrons. The summed E-state index contributed by atoms with van der Waals surface area (Å²) in [5.41, 5.74) is 2.92. The number of nitrogens with zero attached hydrogens (tertiary/aromatic N) is 2. The molecule has 2 aromatic heterocycles. The molecular formula is C20H21FN4O5S. The number of nitrogens with one attached hydrogen (secondary N) is 2. The van der Waals surface area contributed by atoms with Gasteiger partial charge in [0, 0.05) is 41.8 Å². The molecule has 0 saturated carbocycles. The summed E-state index contributed by atoms with van der Waals surface area (Å²) in [5, 5.41) is 9.51. The Labute approximate surface area is 178 Å². The van der Waals surface area contributed by atoms with Crippen LogP contribution in [-0.4, -0.2) is 54.1 Å². The van der Waals surface area contributed by atoms with Crippen LogP contribution in [0.2, 0.25) is 0 Å². The van der Waals surface area contributed by atoms with Crippen LogP contribution in [0.25, 0.3) is 22.2 Å². The Balaban J connectivity index is 1.61. The number of hydrogen-bond acceptors (Lipinski definition) is 5. The van der Waals surface area contributed by atoms with Gasteiger partial charge in [0.1, 0.15) is 17.2 Å². The maximum atomic E-state index is 13.9. The Morgan fingerprint density at radius 1 is 1.26 bits per heavy atom. The zero-order chi connectivity index (χ0) is 22.2. The Morgan fingerprint density at radius 3 is 2.68 bits per heavy atom. The Kier molecular flexibility index (Phi) is 5.54. The molecule has 3 heterocycles. The molecule has 1 amide bonds. The number of piperidine rings is 1. The van der Waals surface area contributed by atoms with Crippen molar-refractivity contribution in [3.63, 3.8) is 0 Å². The molecule has 0 aliphatic carbocycles. The first-order valence-corrected chi connectivity index (χ1v) is 11.0. The lowest BCUT2D eigenvalue weighted by Gasteiger charge is -2.30. The van der Waals surface area contributed by atoms with E-state index in [4.69, 9.17) is 9.84 Å². The van der Waals surface area contributed by atoms with Crippen LogP contribution < -0.4 is 9.46 Å². The van der Waals surface area contributed by atoms with Crippen LogP contribution in [0.3, 0.4) is 0 Å². The summed E-state index contributed by atoms with van der Waals surface area (Å²) in [7, 11) is -2.53. The highest BCUT2D eigenvalue weighted by atomic mass is 32.2. The van der Waals surface area contributed by atoms with Gasteiger partial charge >= 0.3 is 16.3 Å². The number of carboxylic acid groups (broad SMARTS) is 1. The van der Waals surface area contributed by atoms with Gasteiger partial charge < -0.3 is 14.8 Å². The van der Waals surface area contributed by atoms with Crippen molar-refractivity contribution < 1.29 is 27.4 Å². The van der Waals surface area contributed by atoms with Gasteiger partial charge in [-0.3, -0.25) is 0 Å². The van der Waals surface area contributed by atoms with Gasteiger partial charge in [0.2, 0.25) is 0 Å². The van der Waals surface area contributed by atoms with E-state index in [0.717, 1.165) is 20.9 Å². The van der Waals surface area contributed by atoms with E-state index in [1.165, 1.54) is 19.2 Å². The van der Waals surface area contributed by atoms with Crippen LogP contribution in [0.5, 0.6) is 5.75 Å². The van der Waals surface area contributed by atoms with E-state index < -0.39 is 16.3 Å². The normalized spacial score (nSPS) is 15.8. The van der Waals surface area contributed by atoms with E-state index in [1.807, 2.05) is 6.07 Å². The van der Waals surface area contributed by atoms with Crippen molar-refractivity contribution in [2.24, 2.45) is 0 Å². The van der Waals surface area contributed by atoms with E-state index in [0.29, 0.717) is 29.8 Å². The van der Waals surface area contributed by atoms with Crippen LogP contribution in [0.1, 0.15) is 24.5 Å². The fraction of sp³-hybridized carbons (Fsp3) is 0.300. The average molecular weight is 448 g/mol. The predicted octanol–water partition coefficient (Wildman–Crippen LogP) is 3.07. The summed E-state index contributed by atoms with van der Waals surface area (Å²) in [6, 6.07) is 8.07. The number of hydrogen-bond donors (Lipinski definition) is 3. The first-order chi connectivity index (χ1) is 14.8. The monoisotopic (exact) mass is 448 g/mol. The van der Waals surface area contributed by atoms with Crippen LogP contribution in [-0.2, 0) is 10.2 Å². The number of rotatable bonds is 5. The van der Waals surface area contributed by atoms with Crippen LogP contribution in [0.15, 0.2) is 36.5 Å². The topological polar surface area (TPSA) is 125 Å². The van der Waals surface area contributed by atoms with Gasteiger partial charge in [0.05, 0.1) is 7.11 Å². The summed E-state index contributed by atoms with van der Waals surface area (Å²) >= 11 is 0. The Hall–Kier alpha value is -3.18. The van der Waals surface area contributed by atoms with Crippen molar-refractivity contribution in [2.45, 2.75) is 18.8 Å². The van der Waals surface area contributed by atoms with Crippen molar-refractivity contribution in [2.75, 3.05) is 20.2 Å². The second-order valence-electron chi connectivity index (χ2n) is 7.28. The third-order valence-corrected chi connectivity index (χ3v) is 6.93. The zero-order valence-electron chi connectivity index (χ0n) is 16.6. The van der Waals surface area contributed by atoms with Crippen LogP contribution >= 0.6 is 0 Å². The second kappa shape index (κ2) is 8.16. The molecule has 0 unspecified atom stereocenters. The fourth-order valence-corrected chi connectivity index (χ4v) is 5.02. The molecule has 1 fully saturated rings. The molecule has 1 aromatic carbocycles. The summed E-state index contributed by atoms with van der Waals surface area (Å²) < 4.78 is 46.1. The van der Waals surface area contributed by atoms with Gasteiger partial charge in [0.15, 0.2) is 0 Å². The molecule has 3 aromatic rings. The first kappa shape index (κ1) is 21.1. The number of fused-ring (bicyclic) bond motifs is 1. The van der Waals surface area contributed by atoms with Crippen LogP contribution in [0, 0.1) is 5.82 Å². The van der Waals surface area contributed by atoms with Crippen molar-refractivity contribution in [3.05, 3.63) is 48.0 Å². The lowest BCUT2D eigenvalue weighted by atomic mass is 9.94. The quantitative estimate of drug-likeness (QED) is 0.551. The minimum absolute atomic E-state index is 0.0488. The maximum absolute atomic E-state index is 13.9. The van der Waals surface area contributed by atoms with Gasteiger partial charge in [-0.2, -0.15) is 12.7 Å². The van der Waals surface area contributed by atoms with Gasteiger partial charge in [-0.1, -0.05) is 0 Å². The molecule has 31 heavy (non-hydrogen) atoms. The molecule has 9 nitrogen and oxygen atoms in total. The Bertz CT molecular complexity index is 1240. The predicted molar refractivity (Wildman–Crippen MR) is 112 cm³/mol. The third-order valence-electron chi connectivity index (χ3n) is 5.45. The van der Waals surface area contributed by atoms with Crippen molar-refractivity contribution in [1.82, 2.24) is 19.0 Å². The summed E-state index contributed by atoms with van der Waals surface area (Å²) in [6.07, 6.45) is 1.07. The Morgan fingerprint density at radius 2 is 2.00 bits per heavy atom. The van der Waals surface area contributed by atoms with Crippen molar-refractivity contribution in [1.29, 1.82) is 0 Å². The molecule has 1 saturated heterocycles. The highest BCUT2D eigenvalue weighted by molar-refractivity contribution is 7.87. The van der Waals surface area contributed by atoms with E-state index in [-0.39, 0.29) is 24.8 Å². The molecule has 1 aliphatic heterocycles. The number of aromatic nitrogens is 2. The minimum atomic E-state index is -4.06. The summed E-state index contributed by atoms with van der Waals surface area (Å²) in [5.74, 6) is 0.217. The van der Waals surface area contributed by atoms with Gasteiger partial charge in [-0.05, 0) is 48.7 Å². The zero-order valence-corrected chi connectivity index (χ0v) is 17.4. The van der Waals surface area contributed by atoms with E-state index in [9.17, 15) is 17.6 Å². The number of methoxy groups -OCH3 is 1. The lowest BCUT2D eigenvalue weighted by Crippen LogP contribution is -2.46. The third kappa shape index (κ3) is 4.19. The number of H-pyrrole nitrogens is 1. The molecule has 0 bridgehead atoms. The number of pyridine rings is 1. The number of amides is 1. The molecule has 1 aliphatic rings. The average Bonchev–Trinajstić information content (AvgIpc) is 3.17.